The Morgan fingerprint density at radius 3 is 2.65 bits per heavy atom. The molecule has 2 aromatic carbocycles. The molecule has 0 fully saturated rings. The first-order chi connectivity index (χ1) is 12.7. The maximum Gasteiger partial charge on any atom is 0.251 e. The van der Waals surface area contributed by atoms with E-state index in [0.717, 1.165) is 11.3 Å². The fourth-order valence-corrected chi connectivity index (χ4v) is 2.33. The predicted octanol–water partition coefficient (Wildman–Crippen LogP) is 3.83. The van der Waals surface area contributed by atoms with Crippen LogP contribution in [0.1, 0.15) is 5.56 Å². The third kappa shape index (κ3) is 4.99. The zero-order valence-corrected chi connectivity index (χ0v) is 14.6. The van der Waals surface area contributed by atoms with E-state index in [1.165, 1.54) is 13.2 Å². The van der Waals surface area contributed by atoms with Gasteiger partial charge in [-0.2, -0.15) is 5.26 Å². The lowest BCUT2D eigenvalue weighted by molar-refractivity contribution is -0.114. The topological polar surface area (TPSA) is 62.6 Å². The summed E-state index contributed by atoms with van der Waals surface area (Å²) < 4.78 is 10.6. The summed E-state index contributed by atoms with van der Waals surface area (Å²) >= 11 is 0. The first kappa shape index (κ1) is 18.8. The number of nitriles is 1. The average molecular weight is 348 g/mol. The molecule has 0 saturated heterocycles. The van der Waals surface area contributed by atoms with Crippen LogP contribution in [0.15, 0.2) is 67.3 Å². The molecule has 132 valence electrons. The highest BCUT2D eigenvalue weighted by Crippen LogP contribution is 2.28. The average Bonchev–Trinajstić information content (AvgIpc) is 2.69. The van der Waals surface area contributed by atoms with Gasteiger partial charge in [-0.15, -0.1) is 6.58 Å². The summed E-state index contributed by atoms with van der Waals surface area (Å²) in [6.07, 6.45) is 4.89. The molecule has 0 aliphatic rings. The minimum Gasteiger partial charge on any atom is -0.493 e. The molecule has 0 aliphatic carbocycles. The summed E-state index contributed by atoms with van der Waals surface area (Å²) in [6, 6.07) is 16.6. The zero-order chi connectivity index (χ0) is 18.8. The van der Waals surface area contributed by atoms with E-state index in [4.69, 9.17) is 14.7 Å². The molecule has 0 atom stereocenters. The molecule has 2 rings (SSSR count). The number of carbonyl (C=O) groups excluding carboxylic acids is 1. The fourth-order valence-electron chi connectivity index (χ4n) is 2.33. The molecule has 0 unspecified atom stereocenters. The summed E-state index contributed by atoms with van der Waals surface area (Å²) in [7, 11) is 1.52. The van der Waals surface area contributed by atoms with Crippen LogP contribution in [0.4, 0.5) is 5.69 Å². The summed E-state index contributed by atoms with van der Waals surface area (Å²) in [5.41, 5.74) is 1.59. The highest BCUT2D eigenvalue weighted by Gasteiger charge is 2.11. The highest BCUT2D eigenvalue weighted by molar-refractivity contribution is 6.04. The van der Waals surface area contributed by atoms with Gasteiger partial charge >= 0.3 is 0 Å². The van der Waals surface area contributed by atoms with Gasteiger partial charge in [0.15, 0.2) is 18.1 Å². The monoisotopic (exact) mass is 348 g/mol. The number of carbonyl (C=O) groups is 1. The second kappa shape index (κ2) is 9.70. The van der Waals surface area contributed by atoms with E-state index in [9.17, 15) is 4.79 Å². The maximum atomic E-state index is 12.6. The van der Waals surface area contributed by atoms with Crippen LogP contribution in [0.3, 0.4) is 0 Å². The van der Waals surface area contributed by atoms with Crippen molar-refractivity contribution in [3.8, 4) is 17.6 Å². The lowest BCUT2D eigenvalue weighted by atomic mass is 10.1. The van der Waals surface area contributed by atoms with Crippen LogP contribution in [0.25, 0.3) is 6.08 Å². The number of nitrogens with zero attached hydrogens (tertiary/aromatic N) is 2. The predicted molar refractivity (Wildman–Crippen MR) is 102 cm³/mol. The van der Waals surface area contributed by atoms with Crippen molar-refractivity contribution in [1.29, 1.82) is 5.26 Å². The van der Waals surface area contributed by atoms with Crippen LogP contribution in [0.5, 0.6) is 11.5 Å². The largest absolute Gasteiger partial charge is 0.493 e. The van der Waals surface area contributed by atoms with Gasteiger partial charge in [0.25, 0.3) is 5.91 Å². The molecule has 0 radical (unpaired) electrons. The van der Waals surface area contributed by atoms with Crippen LogP contribution >= 0.6 is 0 Å². The molecule has 0 heterocycles. The van der Waals surface area contributed by atoms with Crippen LogP contribution < -0.4 is 14.4 Å². The van der Waals surface area contributed by atoms with E-state index in [-0.39, 0.29) is 12.5 Å². The van der Waals surface area contributed by atoms with Gasteiger partial charge in [-0.3, -0.25) is 4.79 Å². The number of hydrogen-bond acceptors (Lipinski definition) is 4. The molecule has 5 heteroatoms. The molecule has 0 aromatic heterocycles. The smallest absolute Gasteiger partial charge is 0.251 e. The summed E-state index contributed by atoms with van der Waals surface area (Å²) in [6.45, 7) is 4.07. The first-order valence-corrected chi connectivity index (χ1v) is 8.03. The van der Waals surface area contributed by atoms with E-state index in [1.807, 2.05) is 36.4 Å². The number of ether oxygens (including phenoxy) is 2. The van der Waals surface area contributed by atoms with Gasteiger partial charge in [0.1, 0.15) is 6.07 Å². The molecule has 0 N–H and O–H groups in total. The van der Waals surface area contributed by atoms with Crippen molar-refractivity contribution in [2.45, 2.75) is 0 Å². The minimum absolute atomic E-state index is 0.0579. The van der Waals surface area contributed by atoms with Gasteiger partial charge in [0.05, 0.1) is 7.11 Å². The molecule has 5 nitrogen and oxygen atoms in total. The fraction of sp³-hybridized carbons (Fsp3) is 0.143. The Morgan fingerprint density at radius 1 is 1.23 bits per heavy atom. The number of amides is 1. The van der Waals surface area contributed by atoms with Crippen molar-refractivity contribution in [2.24, 2.45) is 0 Å². The molecule has 2 aromatic rings. The van der Waals surface area contributed by atoms with Crippen molar-refractivity contribution in [3.63, 3.8) is 0 Å². The number of hydrogen-bond donors (Lipinski definition) is 0. The quantitative estimate of drug-likeness (QED) is 0.537. The van der Waals surface area contributed by atoms with Crippen LogP contribution in [0.2, 0.25) is 0 Å². The van der Waals surface area contributed by atoms with E-state index < -0.39 is 0 Å². The van der Waals surface area contributed by atoms with Crippen molar-refractivity contribution >= 4 is 17.7 Å². The van der Waals surface area contributed by atoms with Crippen LogP contribution in [-0.4, -0.2) is 26.2 Å². The second-order valence-corrected chi connectivity index (χ2v) is 5.26. The van der Waals surface area contributed by atoms with E-state index in [1.54, 1.807) is 35.3 Å². The molecule has 0 spiro atoms. The highest BCUT2D eigenvalue weighted by atomic mass is 16.5. The third-order valence-electron chi connectivity index (χ3n) is 3.54. The van der Waals surface area contributed by atoms with Gasteiger partial charge in [0, 0.05) is 18.3 Å². The Kier molecular flexibility index (Phi) is 7.02. The van der Waals surface area contributed by atoms with Crippen molar-refractivity contribution in [1.82, 2.24) is 0 Å². The maximum absolute atomic E-state index is 12.6. The Balaban J connectivity index is 2.18. The number of para-hydroxylation sites is 1. The first-order valence-electron chi connectivity index (χ1n) is 8.03. The minimum atomic E-state index is -0.153. The molecular weight excluding hydrogens is 328 g/mol. The molecule has 0 aliphatic heterocycles. The lowest BCUT2D eigenvalue weighted by Crippen LogP contribution is -2.29. The third-order valence-corrected chi connectivity index (χ3v) is 3.54. The summed E-state index contributed by atoms with van der Waals surface area (Å²) in [5, 5.41) is 8.60. The number of rotatable bonds is 8. The Hall–Kier alpha value is -3.52. The zero-order valence-electron chi connectivity index (χ0n) is 14.6. The molecule has 0 saturated carbocycles. The molecule has 26 heavy (non-hydrogen) atoms. The Bertz CT molecular complexity index is 823. The SMILES string of the molecule is C=CCN(C(=O)/C=C/c1ccc(OCC#N)c(OC)c1)c1ccccc1. The van der Waals surface area contributed by atoms with E-state index in [0.29, 0.717) is 18.0 Å². The van der Waals surface area contributed by atoms with Gasteiger partial charge in [-0.05, 0) is 35.9 Å². The van der Waals surface area contributed by atoms with Gasteiger partial charge in [-0.1, -0.05) is 30.3 Å². The lowest BCUT2D eigenvalue weighted by Gasteiger charge is -2.19. The molecule has 1 amide bonds. The van der Waals surface area contributed by atoms with Crippen LogP contribution in [0, 0.1) is 11.3 Å². The van der Waals surface area contributed by atoms with Gasteiger partial charge in [0.2, 0.25) is 0 Å². The summed E-state index contributed by atoms with van der Waals surface area (Å²) in [5.74, 6) is 0.829. The van der Waals surface area contributed by atoms with Crippen molar-refractivity contribution < 1.29 is 14.3 Å². The Labute approximate surface area is 153 Å². The number of benzene rings is 2. The Morgan fingerprint density at radius 2 is 2.00 bits per heavy atom. The second-order valence-electron chi connectivity index (χ2n) is 5.26. The normalized spacial score (nSPS) is 10.2. The van der Waals surface area contributed by atoms with Gasteiger partial charge < -0.3 is 14.4 Å². The number of methoxy groups -OCH3 is 1. The van der Waals surface area contributed by atoms with E-state index in [2.05, 4.69) is 6.58 Å². The van der Waals surface area contributed by atoms with Crippen molar-refractivity contribution in [2.75, 3.05) is 25.2 Å². The molecule has 0 bridgehead atoms. The standard InChI is InChI=1S/C21H20N2O3/c1-3-14-23(18-7-5-4-6-8-18)21(24)12-10-17-9-11-19(26-15-13-22)20(16-17)25-2/h3-12,16H,1,14-15H2,2H3/b12-10+. The van der Waals surface area contributed by atoms with Crippen molar-refractivity contribution in [3.05, 3.63) is 72.8 Å². The van der Waals surface area contributed by atoms with E-state index >= 15 is 0 Å². The van der Waals surface area contributed by atoms with Crippen LogP contribution in [-0.2, 0) is 4.79 Å². The molecular formula is C21H20N2O3. The summed E-state index contributed by atoms with van der Waals surface area (Å²) in [4.78, 5) is 14.2. The number of anilines is 1. The van der Waals surface area contributed by atoms with Gasteiger partial charge in [-0.25, -0.2) is 0 Å².